The molecule has 18 heavy (non-hydrogen) atoms. The zero-order chi connectivity index (χ0) is 12.5. The number of hydrogen-bond acceptors (Lipinski definition) is 4. The Morgan fingerprint density at radius 3 is 3.06 bits per heavy atom. The molecule has 3 heterocycles. The van der Waals surface area contributed by atoms with E-state index < -0.39 is 0 Å². The monoisotopic (exact) mass is 310 g/mol. The number of halogens is 1. The summed E-state index contributed by atoms with van der Waals surface area (Å²) in [6, 6.07) is 1.22. The van der Waals surface area contributed by atoms with Crippen molar-refractivity contribution in [1.29, 1.82) is 0 Å². The van der Waals surface area contributed by atoms with Gasteiger partial charge in [-0.25, -0.2) is 9.97 Å². The Balaban J connectivity index is 1.82. The molecule has 1 aromatic rings. The average Bonchev–Trinajstić information content (AvgIpc) is 2.39. The van der Waals surface area contributed by atoms with Gasteiger partial charge in [-0.3, -0.25) is 4.90 Å². The van der Waals surface area contributed by atoms with E-state index in [0.717, 1.165) is 23.4 Å². The van der Waals surface area contributed by atoms with Crippen molar-refractivity contribution in [3.63, 3.8) is 0 Å². The van der Waals surface area contributed by atoms with Gasteiger partial charge in [0, 0.05) is 31.4 Å². The van der Waals surface area contributed by atoms with Crippen LogP contribution in [0, 0.1) is 0 Å². The molecule has 0 saturated carbocycles. The van der Waals surface area contributed by atoms with E-state index in [0.29, 0.717) is 12.1 Å². The van der Waals surface area contributed by atoms with Crippen molar-refractivity contribution in [1.82, 2.24) is 14.9 Å². The molecule has 2 unspecified atom stereocenters. The van der Waals surface area contributed by atoms with Gasteiger partial charge in [0.1, 0.15) is 12.1 Å². The van der Waals surface area contributed by atoms with Gasteiger partial charge in [-0.1, -0.05) is 6.42 Å². The molecule has 4 nitrogen and oxygen atoms in total. The van der Waals surface area contributed by atoms with Crippen molar-refractivity contribution in [2.24, 2.45) is 0 Å². The van der Waals surface area contributed by atoms with Crippen molar-refractivity contribution in [3.05, 3.63) is 17.0 Å². The molecule has 0 amide bonds. The second-order valence-electron chi connectivity index (χ2n) is 5.34. The smallest absolute Gasteiger partial charge is 0.146 e. The lowest BCUT2D eigenvalue weighted by Crippen LogP contribution is -2.59. The van der Waals surface area contributed by atoms with E-state index in [9.17, 15) is 0 Å². The number of fused-ring (bicyclic) bond motifs is 1. The van der Waals surface area contributed by atoms with Crippen LogP contribution in [-0.4, -0.2) is 46.6 Å². The van der Waals surface area contributed by atoms with Crippen LogP contribution in [0.3, 0.4) is 0 Å². The summed E-state index contributed by atoms with van der Waals surface area (Å²) in [6.07, 6.45) is 7.53. The van der Waals surface area contributed by atoms with Gasteiger partial charge >= 0.3 is 0 Å². The first-order valence-electron chi connectivity index (χ1n) is 6.72. The average molecular weight is 311 g/mol. The maximum atomic E-state index is 4.44. The first-order chi connectivity index (χ1) is 8.75. The fourth-order valence-electron chi connectivity index (χ4n) is 3.16. The van der Waals surface area contributed by atoms with Gasteiger partial charge in [0.25, 0.3) is 0 Å². The second kappa shape index (κ2) is 5.13. The number of aromatic nitrogens is 2. The predicted molar refractivity (Wildman–Crippen MR) is 75.8 cm³/mol. The van der Waals surface area contributed by atoms with Crippen LogP contribution in [0.25, 0.3) is 0 Å². The molecule has 0 bridgehead atoms. The number of anilines is 1. The molecular formula is C13H19BrN4. The van der Waals surface area contributed by atoms with Crippen molar-refractivity contribution < 1.29 is 0 Å². The van der Waals surface area contributed by atoms with Gasteiger partial charge in [-0.05, 0) is 42.2 Å². The van der Waals surface area contributed by atoms with Crippen LogP contribution in [0.15, 0.2) is 17.0 Å². The van der Waals surface area contributed by atoms with Gasteiger partial charge in [0.15, 0.2) is 0 Å². The second-order valence-corrected chi connectivity index (χ2v) is 6.19. The largest absolute Gasteiger partial charge is 0.350 e. The molecule has 2 saturated heterocycles. The number of hydrogen-bond donors (Lipinski definition) is 0. The van der Waals surface area contributed by atoms with Crippen molar-refractivity contribution in [2.45, 2.75) is 38.3 Å². The van der Waals surface area contributed by atoms with E-state index in [-0.39, 0.29) is 0 Å². The standard InChI is InChI=1S/C13H19BrN4/c1-10-7-17-5-3-2-4-11(17)8-18(10)13-12(14)6-15-9-16-13/h6,9-11H,2-5,7-8H2,1H3. The molecule has 5 heteroatoms. The lowest BCUT2D eigenvalue weighted by atomic mass is 9.97. The quantitative estimate of drug-likeness (QED) is 0.797. The highest BCUT2D eigenvalue weighted by Crippen LogP contribution is 2.30. The summed E-state index contributed by atoms with van der Waals surface area (Å²) in [5.41, 5.74) is 0. The van der Waals surface area contributed by atoms with Gasteiger partial charge in [-0.15, -0.1) is 0 Å². The van der Waals surface area contributed by atoms with Crippen LogP contribution < -0.4 is 4.90 Å². The SMILES string of the molecule is CC1CN2CCCCC2CN1c1ncncc1Br. The molecule has 2 aliphatic rings. The molecule has 0 aromatic carbocycles. The molecule has 0 aliphatic carbocycles. The maximum Gasteiger partial charge on any atom is 0.146 e. The van der Waals surface area contributed by atoms with Crippen LogP contribution in [-0.2, 0) is 0 Å². The summed E-state index contributed by atoms with van der Waals surface area (Å²) in [4.78, 5) is 13.6. The zero-order valence-electron chi connectivity index (χ0n) is 10.7. The van der Waals surface area contributed by atoms with Gasteiger partial charge < -0.3 is 4.90 Å². The van der Waals surface area contributed by atoms with Crippen molar-refractivity contribution in [2.75, 3.05) is 24.5 Å². The Labute approximate surface area is 117 Å². The summed E-state index contributed by atoms with van der Waals surface area (Å²) < 4.78 is 1.00. The highest BCUT2D eigenvalue weighted by atomic mass is 79.9. The molecule has 2 atom stereocenters. The summed E-state index contributed by atoms with van der Waals surface area (Å²) >= 11 is 3.57. The third-order valence-electron chi connectivity index (χ3n) is 4.11. The van der Waals surface area contributed by atoms with Crippen LogP contribution in [0.5, 0.6) is 0 Å². The van der Waals surface area contributed by atoms with E-state index in [1.165, 1.54) is 25.8 Å². The predicted octanol–water partition coefficient (Wildman–Crippen LogP) is 2.30. The van der Waals surface area contributed by atoms with Crippen molar-refractivity contribution >= 4 is 21.7 Å². The molecule has 2 fully saturated rings. The lowest BCUT2D eigenvalue weighted by Gasteiger charge is -2.48. The van der Waals surface area contributed by atoms with E-state index in [1.807, 2.05) is 6.20 Å². The first-order valence-corrected chi connectivity index (χ1v) is 7.51. The van der Waals surface area contributed by atoms with Crippen molar-refractivity contribution in [3.8, 4) is 0 Å². The Hall–Kier alpha value is -0.680. The highest BCUT2D eigenvalue weighted by Gasteiger charge is 2.34. The number of piperidine rings is 1. The summed E-state index contributed by atoms with van der Waals surface area (Å²) in [6.45, 7) is 5.81. The Bertz CT molecular complexity index is 425. The summed E-state index contributed by atoms with van der Waals surface area (Å²) in [5, 5.41) is 0. The fraction of sp³-hybridized carbons (Fsp3) is 0.692. The minimum atomic E-state index is 0.519. The third kappa shape index (κ3) is 2.26. The first kappa shape index (κ1) is 12.4. The van der Waals surface area contributed by atoms with Gasteiger partial charge in [0.2, 0.25) is 0 Å². The minimum Gasteiger partial charge on any atom is -0.350 e. The summed E-state index contributed by atoms with van der Waals surface area (Å²) in [7, 11) is 0. The molecule has 0 radical (unpaired) electrons. The van der Waals surface area contributed by atoms with E-state index >= 15 is 0 Å². The molecular weight excluding hydrogens is 292 g/mol. The lowest BCUT2D eigenvalue weighted by molar-refractivity contribution is 0.115. The zero-order valence-corrected chi connectivity index (χ0v) is 12.3. The van der Waals surface area contributed by atoms with Gasteiger partial charge in [0.05, 0.1) is 4.47 Å². The minimum absolute atomic E-state index is 0.519. The molecule has 0 N–H and O–H groups in total. The van der Waals surface area contributed by atoms with Crippen LogP contribution in [0.2, 0.25) is 0 Å². The summed E-state index contributed by atoms with van der Waals surface area (Å²) in [5.74, 6) is 1.04. The van der Waals surface area contributed by atoms with Crippen LogP contribution in [0.1, 0.15) is 26.2 Å². The van der Waals surface area contributed by atoms with Crippen LogP contribution in [0.4, 0.5) is 5.82 Å². The number of nitrogens with zero attached hydrogens (tertiary/aromatic N) is 4. The molecule has 2 aliphatic heterocycles. The van der Waals surface area contributed by atoms with E-state index in [4.69, 9.17) is 0 Å². The Kier molecular flexibility index (Phi) is 3.52. The fourth-order valence-corrected chi connectivity index (χ4v) is 3.61. The topological polar surface area (TPSA) is 32.3 Å². The van der Waals surface area contributed by atoms with E-state index in [2.05, 4.69) is 42.6 Å². The highest BCUT2D eigenvalue weighted by molar-refractivity contribution is 9.10. The molecule has 3 rings (SSSR count). The van der Waals surface area contributed by atoms with E-state index in [1.54, 1.807) is 6.33 Å². The molecule has 1 aromatic heterocycles. The van der Waals surface area contributed by atoms with Crippen LogP contribution >= 0.6 is 15.9 Å². The van der Waals surface area contributed by atoms with Gasteiger partial charge in [-0.2, -0.15) is 0 Å². The normalized spacial score (nSPS) is 29.1. The Morgan fingerprint density at radius 2 is 2.22 bits per heavy atom. The third-order valence-corrected chi connectivity index (χ3v) is 4.67. The molecule has 98 valence electrons. The number of piperazine rings is 1. The molecule has 0 spiro atoms. The Morgan fingerprint density at radius 1 is 1.33 bits per heavy atom. The maximum absolute atomic E-state index is 4.44. The number of rotatable bonds is 1.